The Morgan fingerprint density at radius 1 is 0.730 bits per heavy atom. The van der Waals surface area contributed by atoms with Gasteiger partial charge in [-0.25, -0.2) is 14.3 Å². The van der Waals surface area contributed by atoms with E-state index in [1.165, 1.54) is 6.07 Å². The SMILES string of the molecule is CC(C)(C)OC(=O)N1CCC[C@@H](c2cccc(C(=O)N[C@@H](C(=O)N3CCN(CC4CCN(CC(=O)N5CCN(C(=O)c6cc(Cc7n[nH]c(=O)c8ccccc78)ccc6F)CC5)CC4)CC3)C3CCCCC3)c2)C1. The molecule has 9 rings (SSSR count). The van der Waals surface area contributed by atoms with Gasteiger partial charge in [0.05, 0.1) is 23.2 Å². The number of piperidine rings is 2. The maximum Gasteiger partial charge on any atom is 0.410 e. The second-order valence-electron chi connectivity index (χ2n) is 22.3. The molecule has 5 heterocycles. The van der Waals surface area contributed by atoms with Crippen LogP contribution in [0.3, 0.4) is 0 Å². The summed E-state index contributed by atoms with van der Waals surface area (Å²) in [5.74, 6) is -0.539. The van der Waals surface area contributed by atoms with Crippen LogP contribution >= 0.6 is 0 Å². The molecule has 4 saturated heterocycles. The number of hydrogen-bond donors (Lipinski definition) is 2. The number of ether oxygens (including phenoxy) is 1. The first kappa shape index (κ1) is 52.7. The molecule has 396 valence electrons. The minimum atomic E-state index is -0.607. The van der Waals surface area contributed by atoms with E-state index < -0.39 is 23.4 Å². The van der Waals surface area contributed by atoms with E-state index in [9.17, 15) is 28.8 Å². The molecule has 0 bridgehead atoms. The van der Waals surface area contributed by atoms with Crippen LogP contribution in [0.2, 0.25) is 0 Å². The minimum absolute atomic E-state index is 0.0126. The van der Waals surface area contributed by atoms with Crippen molar-refractivity contribution in [1.82, 2.24) is 44.9 Å². The Balaban J connectivity index is 0.707. The number of rotatable bonds is 12. The number of H-pyrrole nitrogens is 1. The van der Waals surface area contributed by atoms with Crippen molar-refractivity contribution in [2.24, 2.45) is 11.8 Å². The summed E-state index contributed by atoms with van der Waals surface area (Å²) in [6, 6.07) is 18.7. The number of aromatic amines is 1. The number of benzene rings is 3. The topological polar surface area (TPSA) is 172 Å². The molecule has 74 heavy (non-hydrogen) atoms. The van der Waals surface area contributed by atoms with Crippen LogP contribution in [0.1, 0.15) is 122 Å². The van der Waals surface area contributed by atoms with Crippen molar-refractivity contribution in [3.05, 3.63) is 111 Å². The van der Waals surface area contributed by atoms with Crippen LogP contribution in [0.4, 0.5) is 9.18 Å². The average molecular weight is 1020 g/mol. The van der Waals surface area contributed by atoms with Gasteiger partial charge in [-0.05, 0) is 126 Å². The van der Waals surface area contributed by atoms with Crippen molar-refractivity contribution in [3.8, 4) is 0 Å². The quantitative estimate of drug-likeness (QED) is 0.165. The summed E-state index contributed by atoms with van der Waals surface area (Å²) in [4.78, 5) is 92.5. The van der Waals surface area contributed by atoms with E-state index in [1.807, 2.05) is 62.1 Å². The van der Waals surface area contributed by atoms with E-state index in [1.54, 1.807) is 39.0 Å². The van der Waals surface area contributed by atoms with Gasteiger partial charge in [0.15, 0.2) is 0 Å². The van der Waals surface area contributed by atoms with Crippen LogP contribution in [0.25, 0.3) is 10.8 Å². The lowest BCUT2D eigenvalue weighted by Crippen LogP contribution is -2.57. The van der Waals surface area contributed by atoms with E-state index in [-0.39, 0.29) is 46.8 Å². The molecule has 5 amide bonds. The van der Waals surface area contributed by atoms with E-state index in [0.717, 1.165) is 96.1 Å². The van der Waals surface area contributed by atoms with Gasteiger partial charge in [0.1, 0.15) is 17.5 Å². The maximum absolute atomic E-state index is 15.1. The van der Waals surface area contributed by atoms with Crippen LogP contribution in [-0.2, 0) is 20.7 Å². The molecule has 17 heteroatoms. The summed E-state index contributed by atoms with van der Waals surface area (Å²) in [5, 5.41) is 11.2. The van der Waals surface area contributed by atoms with Crippen molar-refractivity contribution >= 4 is 40.5 Å². The number of nitrogens with zero attached hydrogens (tertiary/aromatic N) is 7. The van der Waals surface area contributed by atoms with Crippen molar-refractivity contribution in [3.63, 3.8) is 0 Å². The van der Waals surface area contributed by atoms with Crippen molar-refractivity contribution in [2.75, 3.05) is 91.6 Å². The Bertz CT molecular complexity index is 2710. The highest BCUT2D eigenvalue weighted by Crippen LogP contribution is 2.31. The minimum Gasteiger partial charge on any atom is -0.444 e. The molecule has 4 aromatic rings. The van der Waals surface area contributed by atoms with Crippen molar-refractivity contribution in [2.45, 2.75) is 103 Å². The number of likely N-dealkylation sites (tertiary alicyclic amines) is 2. The molecule has 1 saturated carbocycles. The Kier molecular flexibility index (Phi) is 16.8. The van der Waals surface area contributed by atoms with Crippen LogP contribution in [0.15, 0.2) is 71.5 Å². The number of carbonyl (C=O) groups excluding carboxylic acids is 5. The molecule has 2 N–H and O–H groups in total. The lowest BCUT2D eigenvalue weighted by Gasteiger charge is -2.41. The van der Waals surface area contributed by atoms with E-state index >= 15 is 4.39 Å². The molecule has 0 spiro atoms. The fourth-order valence-corrected chi connectivity index (χ4v) is 11.8. The molecule has 0 unspecified atom stereocenters. The summed E-state index contributed by atoms with van der Waals surface area (Å²) >= 11 is 0. The number of fused-ring (bicyclic) bond motifs is 1. The maximum atomic E-state index is 15.1. The fourth-order valence-electron chi connectivity index (χ4n) is 11.8. The molecule has 1 aromatic heterocycles. The van der Waals surface area contributed by atoms with Gasteiger partial charge in [-0.1, -0.05) is 55.7 Å². The molecule has 5 fully saturated rings. The molecule has 4 aliphatic heterocycles. The first-order valence-corrected chi connectivity index (χ1v) is 27.1. The number of aromatic nitrogens is 2. The largest absolute Gasteiger partial charge is 0.444 e. The summed E-state index contributed by atoms with van der Waals surface area (Å²) in [5.41, 5.74) is 1.98. The molecule has 2 atom stereocenters. The highest BCUT2D eigenvalue weighted by molar-refractivity contribution is 5.98. The Hall–Kier alpha value is -6.20. The van der Waals surface area contributed by atoms with Gasteiger partial charge in [0.25, 0.3) is 17.4 Å². The molecule has 16 nitrogen and oxygen atoms in total. The number of carbonyl (C=O) groups is 5. The Morgan fingerprint density at radius 3 is 2.16 bits per heavy atom. The van der Waals surface area contributed by atoms with Crippen LogP contribution in [-0.4, -0.2) is 173 Å². The molecule has 1 aliphatic carbocycles. The monoisotopic (exact) mass is 1020 g/mol. The number of nitrogens with one attached hydrogen (secondary N) is 2. The van der Waals surface area contributed by atoms with E-state index in [0.29, 0.717) is 98.8 Å². The van der Waals surface area contributed by atoms with Gasteiger partial charge in [-0.2, -0.15) is 5.10 Å². The lowest BCUT2D eigenvalue weighted by atomic mass is 9.83. The predicted molar refractivity (Wildman–Crippen MR) is 280 cm³/mol. The molecule has 3 aromatic carbocycles. The molecular weight excluding hydrogens is 942 g/mol. The highest BCUT2D eigenvalue weighted by Gasteiger charge is 2.37. The van der Waals surface area contributed by atoms with Crippen LogP contribution in [0, 0.1) is 17.7 Å². The second kappa shape index (κ2) is 23.6. The molecule has 0 radical (unpaired) electrons. The third-order valence-corrected chi connectivity index (χ3v) is 16.0. The summed E-state index contributed by atoms with van der Waals surface area (Å²) < 4.78 is 20.8. The Morgan fingerprint density at radius 2 is 1.43 bits per heavy atom. The first-order valence-electron chi connectivity index (χ1n) is 27.1. The number of halogens is 1. The smallest absolute Gasteiger partial charge is 0.410 e. The number of amides is 5. The zero-order valence-electron chi connectivity index (χ0n) is 43.5. The zero-order valence-corrected chi connectivity index (χ0v) is 43.5. The Labute approximate surface area is 433 Å². The highest BCUT2D eigenvalue weighted by atomic mass is 19.1. The van der Waals surface area contributed by atoms with Gasteiger partial charge >= 0.3 is 6.09 Å². The van der Waals surface area contributed by atoms with Gasteiger partial charge in [0.2, 0.25) is 11.8 Å². The van der Waals surface area contributed by atoms with Gasteiger partial charge in [-0.15, -0.1) is 0 Å². The molecular formula is C57H74FN9O7. The van der Waals surface area contributed by atoms with Crippen molar-refractivity contribution in [1.29, 1.82) is 0 Å². The fraction of sp³-hybridized carbons (Fsp3) is 0.561. The number of piperazine rings is 2. The standard InChI is InChI=1S/C57H74FN9O7/c1-57(2,3)74-56(73)67-22-10-15-44(37-67)42-13-9-14-43(35-42)52(69)59-51(41-11-5-4-6-12-41)55(72)66-27-25-63(26-28-66)36-39-20-23-62(24-21-39)38-50(68)64-29-31-65(32-30-64)54(71)47-33-40(18-19-48(47)58)34-49-45-16-7-8-17-46(45)53(70)61-60-49/h7-9,13-14,16-19,33,35,39,41,44,51H,4-6,10-12,15,20-32,34,36-38H2,1-3H3,(H,59,69)(H,61,70)/t44-,51-/m1/s1. The summed E-state index contributed by atoms with van der Waals surface area (Å²) in [6.07, 6.45) is 8.80. The third-order valence-electron chi connectivity index (χ3n) is 16.0. The lowest BCUT2D eigenvalue weighted by molar-refractivity contribution is -0.137. The summed E-state index contributed by atoms with van der Waals surface area (Å²) in [6.45, 7) is 13.9. The second-order valence-corrected chi connectivity index (χ2v) is 22.3. The van der Waals surface area contributed by atoms with Gasteiger partial charge in [0, 0.05) is 95.3 Å². The van der Waals surface area contributed by atoms with E-state index in [4.69, 9.17) is 4.74 Å². The van der Waals surface area contributed by atoms with Crippen LogP contribution < -0.4 is 10.9 Å². The predicted octanol–water partition coefficient (Wildman–Crippen LogP) is 6.29. The van der Waals surface area contributed by atoms with Crippen LogP contribution in [0.5, 0.6) is 0 Å². The summed E-state index contributed by atoms with van der Waals surface area (Å²) in [7, 11) is 0. The van der Waals surface area contributed by atoms with E-state index in [2.05, 4.69) is 25.3 Å². The first-order chi connectivity index (χ1) is 35.7. The van der Waals surface area contributed by atoms with Gasteiger partial charge in [-0.3, -0.25) is 33.8 Å². The number of hydrogen-bond acceptors (Lipinski definition) is 10. The average Bonchev–Trinajstić information content (AvgIpc) is 3.41. The molecule has 5 aliphatic rings. The zero-order chi connectivity index (χ0) is 51.9. The van der Waals surface area contributed by atoms with Crippen molar-refractivity contribution < 1.29 is 33.1 Å². The van der Waals surface area contributed by atoms with Gasteiger partial charge < -0.3 is 29.7 Å². The normalized spacial score (nSPS) is 20.4. The third kappa shape index (κ3) is 13.0.